The van der Waals surface area contributed by atoms with Crippen LogP contribution in [-0.2, 0) is 14.3 Å². The molecule has 0 aliphatic heterocycles. The molecule has 4 nitrogen and oxygen atoms in total. The van der Waals surface area contributed by atoms with Gasteiger partial charge >= 0.3 is 11.9 Å². The maximum absolute atomic E-state index is 12.9. The smallest absolute Gasteiger partial charge is 0.397 e. The van der Waals surface area contributed by atoms with Crippen molar-refractivity contribution in [3.63, 3.8) is 0 Å². The third-order valence-corrected chi connectivity index (χ3v) is 5.99. The second kappa shape index (κ2) is 18.9. The Bertz CT molecular complexity index is 393. The van der Waals surface area contributed by atoms with E-state index >= 15 is 0 Å². The number of unbranched alkanes of at least 4 members (excludes halogenated alkanes) is 6. The minimum absolute atomic E-state index is 0.363. The third kappa shape index (κ3) is 13.7. The summed E-state index contributed by atoms with van der Waals surface area (Å²) in [6, 6.07) is 0. The Labute approximate surface area is 181 Å². The van der Waals surface area contributed by atoms with E-state index in [4.69, 9.17) is 4.74 Å². The number of carbonyl (C=O) groups excluding carboxylic acids is 2. The molecular formula is C25H49NO3. The van der Waals surface area contributed by atoms with E-state index in [0.29, 0.717) is 31.5 Å². The molecule has 0 aliphatic carbocycles. The van der Waals surface area contributed by atoms with Crippen LogP contribution in [0.1, 0.15) is 118 Å². The summed E-state index contributed by atoms with van der Waals surface area (Å²) >= 11 is 0. The van der Waals surface area contributed by atoms with Crippen molar-refractivity contribution in [3.8, 4) is 0 Å². The van der Waals surface area contributed by atoms with E-state index < -0.39 is 11.9 Å². The largest absolute Gasteiger partial charge is 0.459 e. The standard InChI is InChI=1S/C25H49NO3/c1-6-11-14-15-16-19-29-25(28)24(27)26(20-22(9-4)17-12-7-2)21-23(10-5)18-13-8-3/h22-23H,6-21H2,1-5H3. The van der Waals surface area contributed by atoms with Crippen LogP contribution in [0, 0.1) is 11.8 Å². The molecule has 0 aliphatic rings. The van der Waals surface area contributed by atoms with Gasteiger partial charge in [-0.15, -0.1) is 0 Å². The van der Waals surface area contributed by atoms with Gasteiger partial charge < -0.3 is 9.64 Å². The molecule has 172 valence electrons. The van der Waals surface area contributed by atoms with Crippen molar-refractivity contribution >= 4 is 11.9 Å². The van der Waals surface area contributed by atoms with Gasteiger partial charge in [0.15, 0.2) is 0 Å². The van der Waals surface area contributed by atoms with E-state index in [9.17, 15) is 9.59 Å². The number of nitrogens with zero attached hydrogens (tertiary/aromatic N) is 1. The molecule has 0 aromatic rings. The summed E-state index contributed by atoms with van der Waals surface area (Å²) in [6.45, 7) is 12.7. The van der Waals surface area contributed by atoms with Crippen molar-refractivity contribution in [1.29, 1.82) is 0 Å². The number of carbonyl (C=O) groups is 2. The monoisotopic (exact) mass is 411 g/mol. The molecule has 0 aromatic heterocycles. The third-order valence-electron chi connectivity index (χ3n) is 5.99. The van der Waals surface area contributed by atoms with Gasteiger partial charge in [0, 0.05) is 13.1 Å². The van der Waals surface area contributed by atoms with Gasteiger partial charge in [0.2, 0.25) is 0 Å². The molecule has 1 amide bonds. The molecule has 29 heavy (non-hydrogen) atoms. The molecule has 0 heterocycles. The number of rotatable bonds is 18. The molecule has 0 fully saturated rings. The molecule has 0 aromatic carbocycles. The van der Waals surface area contributed by atoms with E-state index in [1.54, 1.807) is 0 Å². The highest BCUT2D eigenvalue weighted by Crippen LogP contribution is 2.19. The van der Waals surface area contributed by atoms with Crippen LogP contribution in [-0.4, -0.2) is 36.5 Å². The summed E-state index contributed by atoms with van der Waals surface area (Å²) in [5.41, 5.74) is 0. The maximum atomic E-state index is 12.9. The lowest BCUT2D eigenvalue weighted by molar-refractivity contribution is -0.161. The number of hydrogen-bond acceptors (Lipinski definition) is 3. The molecular weight excluding hydrogens is 362 g/mol. The van der Waals surface area contributed by atoms with Gasteiger partial charge in [-0.2, -0.15) is 0 Å². The first kappa shape index (κ1) is 27.9. The Balaban J connectivity index is 4.85. The molecule has 0 saturated heterocycles. The molecule has 2 atom stereocenters. The van der Waals surface area contributed by atoms with E-state index in [2.05, 4.69) is 34.6 Å². The fourth-order valence-electron chi connectivity index (χ4n) is 3.76. The van der Waals surface area contributed by atoms with E-state index in [-0.39, 0.29) is 0 Å². The number of hydrogen-bond donors (Lipinski definition) is 0. The minimum atomic E-state index is -0.656. The van der Waals surface area contributed by atoms with Gasteiger partial charge in [-0.1, -0.05) is 98.8 Å². The molecule has 0 saturated carbocycles. The van der Waals surface area contributed by atoms with Crippen LogP contribution in [0.3, 0.4) is 0 Å². The van der Waals surface area contributed by atoms with Crippen molar-refractivity contribution in [1.82, 2.24) is 4.90 Å². The van der Waals surface area contributed by atoms with Crippen molar-refractivity contribution in [3.05, 3.63) is 0 Å². The lowest BCUT2D eigenvalue weighted by Crippen LogP contribution is -2.43. The molecule has 0 rings (SSSR count). The molecule has 2 unspecified atom stereocenters. The number of ether oxygens (including phenoxy) is 1. The summed E-state index contributed by atoms with van der Waals surface area (Å²) in [4.78, 5) is 27.2. The number of esters is 1. The average molecular weight is 412 g/mol. The zero-order valence-electron chi connectivity index (χ0n) is 20.1. The van der Waals surface area contributed by atoms with Crippen molar-refractivity contribution in [2.75, 3.05) is 19.7 Å². The molecule has 0 bridgehead atoms. The highest BCUT2D eigenvalue weighted by molar-refractivity contribution is 6.32. The van der Waals surface area contributed by atoms with Crippen LogP contribution in [0.25, 0.3) is 0 Å². The predicted molar refractivity (Wildman–Crippen MR) is 123 cm³/mol. The van der Waals surface area contributed by atoms with Crippen molar-refractivity contribution in [2.24, 2.45) is 11.8 Å². The predicted octanol–water partition coefficient (Wildman–Crippen LogP) is 6.76. The average Bonchev–Trinajstić information content (AvgIpc) is 2.74. The first-order valence-electron chi connectivity index (χ1n) is 12.5. The van der Waals surface area contributed by atoms with Crippen molar-refractivity contribution in [2.45, 2.75) is 118 Å². The first-order valence-corrected chi connectivity index (χ1v) is 12.5. The highest BCUT2D eigenvalue weighted by atomic mass is 16.5. The van der Waals surface area contributed by atoms with E-state index in [1.165, 1.54) is 44.9 Å². The van der Waals surface area contributed by atoms with Crippen LogP contribution in [0.2, 0.25) is 0 Å². The zero-order valence-corrected chi connectivity index (χ0v) is 20.1. The Morgan fingerprint density at radius 3 is 1.62 bits per heavy atom. The van der Waals surface area contributed by atoms with E-state index in [0.717, 1.165) is 38.5 Å². The van der Waals surface area contributed by atoms with Gasteiger partial charge in [-0.05, 0) is 31.1 Å². The summed E-state index contributed by atoms with van der Waals surface area (Å²) in [6.07, 6.45) is 14.5. The molecule has 0 spiro atoms. The lowest BCUT2D eigenvalue weighted by Gasteiger charge is -2.30. The molecule has 4 heteroatoms. The zero-order chi connectivity index (χ0) is 21.9. The maximum Gasteiger partial charge on any atom is 0.397 e. The summed E-state index contributed by atoms with van der Waals surface area (Å²) in [7, 11) is 0. The number of amides is 1. The normalized spacial score (nSPS) is 13.1. The summed E-state index contributed by atoms with van der Waals surface area (Å²) < 4.78 is 5.33. The second-order valence-electron chi connectivity index (χ2n) is 8.59. The Kier molecular flexibility index (Phi) is 18.2. The van der Waals surface area contributed by atoms with Gasteiger partial charge in [0.1, 0.15) is 0 Å². The summed E-state index contributed by atoms with van der Waals surface area (Å²) in [5, 5.41) is 0. The van der Waals surface area contributed by atoms with Crippen LogP contribution in [0.5, 0.6) is 0 Å². The van der Waals surface area contributed by atoms with Gasteiger partial charge in [0.05, 0.1) is 6.61 Å². The van der Waals surface area contributed by atoms with Gasteiger partial charge in [0.25, 0.3) is 0 Å². The van der Waals surface area contributed by atoms with Crippen LogP contribution >= 0.6 is 0 Å². The topological polar surface area (TPSA) is 46.6 Å². The lowest BCUT2D eigenvalue weighted by atomic mass is 9.95. The Morgan fingerprint density at radius 2 is 1.17 bits per heavy atom. The Morgan fingerprint density at radius 1 is 0.690 bits per heavy atom. The van der Waals surface area contributed by atoms with E-state index in [1.807, 2.05) is 4.90 Å². The van der Waals surface area contributed by atoms with Crippen molar-refractivity contribution < 1.29 is 14.3 Å². The van der Waals surface area contributed by atoms with Crippen LogP contribution in [0.4, 0.5) is 0 Å². The SMILES string of the molecule is CCCCCCCOC(=O)C(=O)N(CC(CC)CCCC)CC(CC)CCCC. The highest BCUT2D eigenvalue weighted by Gasteiger charge is 2.27. The molecule has 0 radical (unpaired) electrons. The van der Waals surface area contributed by atoms with Gasteiger partial charge in [-0.3, -0.25) is 4.79 Å². The van der Waals surface area contributed by atoms with Crippen LogP contribution in [0.15, 0.2) is 0 Å². The fraction of sp³-hybridized carbons (Fsp3) is 0.920. The molecule has 0 N–H and O–H groups in total. The summed E-state index contributed by atoms with van der Waals surface area (Å²) in [5.74, 6) is -0.159. The second-order valence-corrected chi connectivity index (χ2v) is 8.59. The Hall–Kier alpha value is -1.06. The fourth-order valence-corrected chi connectivity index (χ4v) is 3.76. The minimum Gasteiger partial charge on any atom is -0.459 e. The van der Waals surface area contributed by atoms with Crippen LogP contribution < -0.4 is 0 Å². The van der Waals surface area contributed by atoms with Gasteiger partial charge in [-0.25, -0.2) is 4.79 Å². The quantitative estimate of drug-likeness (QED) is 0.142. The first-order chi connectivity index (χ1) is 14.0.